The molecule has 4 rings (SSSR count). The zero-order chi connectivity index (χ0) is 31.6. The quantitative estimate of drug-likeness (QED) is 0.117. The van der Waals surface area contributed by atoms with Crippen LogP contribution in [0.2, 0.25) is 0 Å². The topological polar surface area (TPSA) is 149 Å². The number of ether oxygens (including phenoxy) is 2. The van der Waals surface area contributed by atoms with Crippen LogP contribution in [0.3, 0.4) is 0 Å². The molecule has 6 atom stereocenters. The maximum atomic E-state index is 14.4. The third kappa shape index (κ3) is 7.14. The van der Waals surface area contributed by atoms with E-state index in [2.05, 4.69) is 4.98 Å². The summed E-state index contributed by atoms with van der Waals surface area (Å²) in [6.07, 6.45) is -3.17. The Morgan fingerprint density at radius 1 is 1.29 bits per heavy atom. The van der Waals surface area contributed by atoms with Gasteiger partial charge in [0, 0.05) is 17.6 Å². The number of aromatic nitrogens is 2. The van der Waals surface area contributed by atoms with Crippen molar-refractivity contribution in [3.63, 3.8) is 0 Å². The zero-order valence-electron chi connectivity index (χ0n) is 24.9. The van der Waals surface area contributed by atoms with Gasteiger partial charge >= 0.3 is 13.6 Å². The van der Waals surface area contributed by atoms with Crippen molar-refractivity contribution >= 4 is 36.6 Å². The normalized spacial score (nSPS) is 25.6. The molecule has 2 unspecified atom stereocenters. The lowest BCUT2D eigenvalue weighted by Gasteiger charge is -2.28. The third-order valence-corrected chi connectivity index (χ3v) is 8.87. The Morgan fingerprint density at radius 2 is 2.02 bits per heavy atom. The molecular weight excluding hydrogens is 571 g/mol. The van der Waals surface area contributed by atoms with E-state index in [1.165, 1.54) is 26.1 Å². The minimum atomic E-state index is -4.57. The molecule has 2 aromatic carbocycles. The molecule has 222 valence electrons. The van der Waals surface area contributed by atoms with Crippen LogP contribution in [-0.4, -0.2) is 62.9 Å². The van der Waals surface area contributed by atoms with Gasteiger partial charge in [0.05, 0.1) is 28.0 Å². The number of nitrogens with one attached hydrogen (secondary N) is 1. The van der Waals surface area contributed by atoms with Crippen molar-refractivity contribution in [1.29, 1.82) is 0 Å². The number of nitrogens with zero attached hydrogens (tertiary/aromatic N) is 1. The second-order valence-corrected chi connectivity index (χ2v) is 12.4. The van der Waals surface area contributed by atoms with Crippen LogP contribution >= 0.6 is 19.8 Å². The summed E-state index contributed by atoms with van der Waals surface area (Å²) in [4.78, 5) is 26.7. The highest BCUT2D eigenvalue weighted by Crippen LogP contribution is 2.52. The first-order valence-corrected chi connectivity index (χ1v) is 15.3. The molecule has 1 aromatic heterocycles. The first-order chi connectivity index (χ1) is 20.2. The van der Waals surface area contributed by atoms with E-state index >= 15 is 0 Å². The average Bonchev–Trinajstić information content (AvgIpc) is 3.17. The van der Waals surface area contributed by atoms with Crippen LogP contribution in [0.5, 0.6) is 5.75 Å². The molecule has 0 radical (unpaired) electrons. The SMILES string of the molecule is [2H]C([2H])(OP(=O)(C[C@@H](C)C(=O)OCCCC)Oc1cccc2ccccc12)[C@H]1O[C@@H](n2ccc(=O)[nH]c2=S)C(C)(O)[C@H]1O. The number of aromatic amines is 1. The number of hydrogen-bond acceptors (Lipinski definition) is 10. The van der Waals surface area contributed by atoms with Crippen molar-refractivity contribution in [1.82, 2.24) is 9.55 Å². The average molecular weight is 609 g/mol. The molecule has 41 heavy (non-hydrogen) atoms. The van der Waals surface area contributed by atoms with Gasteiger partial charge in [0.15, 0.2) is 11.0 Å². The van der Waals surface area contributed by atoms with Crippen molar-refractivity contribution in [2.24, 2.45) is 5.92 Å². The number of carbonyl (C=O) groups is 1. The highest BCUT2D eigenvalue weighted by molar-refractivity contribution is 7.71. The van der Waals surface area contributed by atoms with Crippen molar-refractivity contribution < 1.29 is 40.8 Å². The summed E-state index contributed by atoms with van der Waals surface area (Å²) < 4.78 is 55.4. The number of hydrogen-bond donors (Lipinski definition) is 3. The number of benzene rings is 2. The summed E-state index contributed by atoms with van der Waals surface area (Å²) in [6.45, 7) is 1.74. The van der Waals surface area contributed by atoms with Gasteiger partial charge < -0.3 is 24.2 Å². The number of unbranched alkanes of at least 4 members (excludes halogenated alkanes) is 1. The van der Waals surface area contributed by atoms with Crippen molar-refractivity contribution in [2.75, 3.05) is 19.3 Å². The Labute approximate surface area is 245 Å². The van der Waals surface area contributed by atoms with E-state index in [0.717, 1.165) is 22.4 Å². The lowest BCUT2D eigenvalue weighted by Crippen LogP contribution is -2.44. The summed E-state index contributed by atoms with van der Waals surface area (Å²) in [5.41, 5.74) is -2.64. The van der Waals surface area contributed by atoms with Crippen molar-refractivity contribution in [3.8, 4) is 5.75 Å². The molecule has 1 fully saturated rings. The van der Waals surface area contributed by atoms with Gasteiger partial charge in [-0.25, -0.2) is 4.57 Å². The number of aliphatic hydroxyl groups is 2. The third-order valence-electron chi connectivity index (χ3n) is 6.70. The zero-order valence-corrected chi connectivity index (χ0v) is 24.6. The Hall–Kier alpha value is -2.86. The highest BCUT2D eigenvalue weighted by Gasteiger charge is 2.53. The lowest BCUT2D eigenvalue weighted by atomic mass is 9.96. The van der Waals surface area contributed by atoms with Gasteiger partial charge in [-0.2, -0.15) is 0 Å². The summed E-state index contributed by atoms with van der Waals surface area (Å²) in [5.74, 6) is -1.55. The Bertz CT molecular complexity index is 1620. The first-order valence-electron chi connectivity index (χ1n) is 14.2. The number of H-pyrrole nitrogens is 1. The fourth-order valence-electron chi connectivity index (χ4n) is 4.37. The van der Waals surface area contributed by atoms with E-state index in [0.29, 0.717) is 11.8 Å². The molecule has 0 bridgehead atoms. The van der Waals surface area contributed by atoms with Crippen LogP contribution in [-0.2, 0) is 23.4 Å². The van der Waals surface area contributed by atoms with Gasteiger partial charge in [-0.1, -0.05) is 56.7 Å². The van der Waals surface area contributed by atoms with Gasteiger partial charge in [-0.05, 0) is 37.0 Å². The smallest absolute Gasteiger partial charge is 0.380 e. The molecule has 1 saturated heterocycles. The molecule has 0 aliphatic carbocycles. The van der Waals surface area contributed by atoms with Gasteiger partial charge in [0.25, 0.3) is 5.56 Å². The van der Waals surface area contributed by atoms with Gasteiger partial charge in [0.2, 0.25) is 0 Å². The number of rotatable bonds is 12. The van der Waals surface area contributed by atoms with Crippen LogP contribution < -0.4 is 10.1 Å². The number of carbonyl (C=O) groups excluding carboxylic acids is 1. The monoisotopic (exact) mass is 608 g/mol. The Kier molecular flexibility index (Phi) is 8.95. The number of fused-ring (bicyclic) bond motifs is 1. The summed E-state index contributed by atoms with van der Waals surface area (Å²) in [7, 11) is -4.57. The molecule has 1 aliphatic heterocycles. The molecule has 3 aromatic rings. The van der Waals surface area contributed by atoms with Gasteiger partial charge in [-0.15, -0.1) is 0 Å². The highest BCUT2D eigenvalue weighted by atomic mass is 32.1. The Morgan fingerprint density at radius 3 is 2.76 bits per heavy atom. The molecule has 2 heterocycles. The second-order valence-electron chi connectivity index (χ2n) is 10.1. The van der Waals surface area contributed by atoms with E-state index in [9.17, 15) is 24.4 Å². The van der Waals surface area contributed by atoms with Crippen molar-refractivity contribution in [2.45, 2.75) is 57.6 Å². The maximum absolute atomic E-state index is 14.4. The summed E-state index contributed by atoms with van der Waals surface area (Å²) >= 11 is 5.16. The van der Waals surface area contributed by atoms with E-state index in [1.807, 2.05) is 25.1 Å². The molecule has 0 spiro atoms. The predicted molar refractivity (Wildman–Crippen MR) is 154 cm³/mol. The van der Waals surface area contributed by atoms with E-state index in [4.69, 9.17) is 33.5 Å². The van der Waals surface area contributed by atoms with E-state index in [-0.39, 0.29) is 17.1 Å². The molecule has 11 nitrogen and oxygen atoms in total. The van der Waals surface area contributed by atoms with Crippen LogP contribution in [0.25, 0.3) is 10.8 Å². The lowest BCUT2D eigenvalue weighted by molar-refractivity contribution is -0.147. The fraction of sp³-hybridized carbons (Fsp3) is 0.464. The second kappa shape index (κ2) is 13.0. The fourth-order valence-corrected chi connectivity index (χ4v) is 6.36. The summed E-state index contributed by atoms with van der Waals surface area (Å²) in [5, 5.41) is 23.5. The van der Waals surface area contributed by atoms with Crippen LogP contribution in [0.15, 0.2) is 59.5 Å². The molecule has 0 amide bonds. The predicted octanol–water partition coefficient (Wildman–Crippen LogP) is 4.34. The minimum Gasteiger partial charge on any atom is -0.465 e. The standard InChI is InChI=1S/C28H35N2O9PS/c1-4-5-15-36-25(33)18(2)17-40(35,39-21-12-8-10-19-9-6-7-11-20(19)21)37-16-22-24(32)28(3,34)26(38-22)30-14-13-23(31)29-27(30)41/h6-14,18,22,24,26,32,34H,4-5,15-17H2,1-3H3,(H,29,31,41)/t18-,22-,24+,26-,28?,40?/m1/s1/i16D2. The summed E-state index contributed by atoms with van der Waals surface area (Å²) in [6, 6.07) is 13.2. The van der Waals surface area contributed by atoms with Crippen molar-refractivity contribution in [3.05, 3.63) is 69.9 Å². The molecule has 3 N–H and O–H groups in total. The molecule has 13 heteroatoms. The van der Waals surface area contributed by atoms with Gasteiger partial charge in [-0.3, -0.25) is 23.7 Å². The largest absolute Gasteiger partial charge is 0.465 e. The first kappa shape index (κ1) is 28.3. The molecular formula is C28H35N2O9PS. The van der Waals surface area contributed by atoms with E-state index in [1.54, 1.807) is 18.2 Å². The van der Waals surface area contributed by atoms with Crippen LogP contribution in [0.4, 0.5) is 0 Å². The molecule has 0 saturated carbocycles. The van der Waals surface area contributed by atoms with Gasteiger partial charge in [0.1, 0.15) is 23.6 Å². The minimum absolute atomic E-state index is 0.126. The number of aliphatic hydroxyl groups excluding tert-OH is 1. The number of esters is 1. The maximum Gasteiger partial charge on any atom is 0.380 e. The van der Waals surface area contributed by atoms with Crippen LogP contribution in [0, 0.1) is 10.7 Å². The van der Waals surface area contributed by atoms with Crippen LogP contribution in [0.1, 0.15) is 42.6 Å². The molecule has 1 aliphatic rings. The van der Waals surface area contributed by atoms with E-state index < -0.39 is 61.8 Å². The Balaban J connectivity index is 1.67.